The molecule has 0 aliphatic rings. The van der Waals surface area contributed by atoms with Crippen molar-refractivity contribution < 1.29 is 0 Å². The fourth-order valence-corrected chi connectivity index (χ4v) is 2.37. The average molecular weight is 325 g/mol. The van der Waals surface area contributed by atoms with Crippen LogP contribution >= 0.6 is 27.5 Å². The van der Waals surface area contributed by atoms with E-state index in [9.17, 15) is 0 Å². The highest BCUT2D eigenvalue weighted by Crippen LogP contribution is 2.26. The first-order chi connectivity index (χ1) is 8.58. The van der Waals surface area contributed by atoms with Crippen molar-refractivity contribution in [1.29, 1.82) is 0 Å². The van der Waals surface area contributed by atoms with Crippen LogP contribution in [0.2, 0.25) is 5.02 Å². The van der Waals surface area contributed by atoms with Crippen LogP contribution in [0.4, 0.5) is 5.69 Å². The van der Waals surface area contributed by atoms with Gasteiger partial charge >= 0.3 is 0 Å². The van der Waals surface area contributed by atoms with Gasteiger partial charge in [-0.15, -0.1) is 0 Å². The van der Waals surface area contributed by atoms with Crippen molar-refractivity contribution in [3.8, 4) is 0 Å². The summed E-state index contributed by atoms with van der Waals surface area (Å²) in [4.78, 5) is 0. The predicted octanol–water partition coefficient (Wildman–Crippen LogP) is 5.33. The lowest BCUT2D eigenvalue weighted by molar-refractivity contribution is 1.10. The minimum atomic E-state index is 0.739. The second-order valence-electron chi connectivity index (χ2n) is 4.34. The number of rotatable bonds is 3. The van der Waals surface area contributed by atoms with E-state index < -0.39 is 0 Å². The summed E-state index contributed by atoms with van der Waals surface area (Å²) in [6.07, 6.45) is 0. The maximum Gasteiger partial charge on any atom is 0.0638 e. The molecule has 0 aliphatic carbocycles. The summed E-state index contributed by atoms with van der Waals surface area (Å²) in [5.74, 6) is 0. The van der Waals surface area contributed by atoms with Crippen molar-refractivity contribution in [3.63, 3.8) is 0 Å². The van der Waals surface area contributed by atoms with E-state index >= 15 is 0 Å². The zero-order chi connectivity index (χ0) is 13.1. The Bertz CT molecular complexity index is 564. The molecule has 2 aromatic carbocycles. The molecule has 0 fully saturated rings. The molecule has 2 aromatic rings. The highest BCUT2D eigenvalue weighted by molar-refractivity contribution is 9.10. The molecule has 0 radical (unpaired) electrons. The number of aryl methyl sites for hydroxylation is 1. The third-order valence-electron chi connectivity index (χ3n) is 3.11. The lowest BCUT2D eigenvalue weighted by Crippen LogP contribution is -2.02. The first kappa shape index (κ1) is 13.4. The molecule has 0 heterocycles. The molecule has 94 valence electrons. The molecular weight excluding hydrogens is 310 g/mol. The van der Waals surface area contributed by atoms with Gasteiger partial charge < -0.3 is 5.32 Å². The van der Waals surface area contributed by atoms with Crippen LogP contribution in [0.3, 0.4) is 0 Å². The molecule has 0 spiro atoms. The highest BCUT2D eigenvalue weighted by Gasteiger charge is 2.03. The fraction of sp³-hybridized carbons (Fsp3) is 0.200. The van der Waals surface area contributed by atoms with E-state index in [-0.39, 0.29) is 0 Å². The van der Waals surface area contributed by atoms with Crippen LogP contribution in [-0.2, 0) is 6.54 Å². The van der Waals surface area contributed by atoms with E-state index in [1.807, 2.05) is 18.2 Å². The third-order valence-corrected chi connectivity index (χ3v) is 3.94. The summed E-state index contributed by atoms with van der Waals surface area (Å²) in [6.45, 7) is 5.06. The van der Waals surface area contributed by atoms with Crippen LogP contribution in [-0.4, -0.2) is 0 Å². The molecule has 1 nitrogen and oxygen atoms in total. The molecule has 0 unspecified atom stereocenters. The van der Waals surface area contributed by atoms with Crippen LogP contribution in [0.5, 0.6) is 0 Å². The Labute approximate surface area is 121 Å². The molecular formula is C15H15BrClN. The Morgan fingerprint density at radius 1 is 1.17 bits per heavy atom. The largest absolute Gasteiger partial charge is 0.380 e. The number of halogens is 2. The normalized spacial score (nSPS) is 10.4. The highest BCUT2D eigenvalue weighted by atomic mass is 79.9. The molecule has 3 heteroatoms. The van der Waals surface area contributed by atoms with Gasteiger partial charge in [0.1, 0.15) is 0 Å². The zero-order valence-corrected chi connectivity index (χ0v) is 12.8. The van der Waals surface area contributed by atoms with Crippen molar-refractivity contribution in [2.75, 3.05) is 5.32 Å². The first-order valence-electron chi connectivity index (χ1n) is 5.82. The molecule has 18 heavy (non-hydrogen) atoms. The van der Waals surface area contributed by atoms with E-state index in [2.05, 4.69) is 53.3 Å². The van der Waals surface area contributed by atoms with Gasteiger partial charge in [-0.05, 0) is 48.7 Å². The summed E-state index contributed by atoms with van der Waals surface area (Å²) in [7, 11) is 0. The van der Waals surface area contributed by atoms with Gasteiger partial charge in [-0.1, -0.05) is 45.7 Å². The SMILES string of the molecule is Cc1cccc(CNc2cc(Br)ccc2Cl)c1C. The number of hydrogen-bond acceptors (Lipinski definition) is 1. The topological polar surface area (TPSA) is 12.0 Å². The van der Waals surface area contributed by atoms with E-state index in [0.29, 0.717) is 0 Å². The molecule has 0 saturated carbocycles. The van der Waals surface area contributed by atoms with Gasteiger partial charge in [-0.3, -0.25) is 0 Å². The summed E-state index contributed by atoms with van der Waals surface area (Å²) < 4.78 is 1.02. The van der Waals surface area contributed by atoms with Crippen molar-refractivity contribution in [1.82, 2.24) is 0 Å². The molecule has 0 aliphatic heterocycles. The number of nitrogens with one attached hydrogen (secondary N) is 1. The summed E-state index contributed by atoms with van der Waals surface area (Å²) in [5.41, 5.74) is 4.89. The van der Waals surface area contributed by atoms with Crippen LogP contribution in [0, 0.1) is 13.8 Å². The van der Waals surface area contributed by atoms with Gasteiger partial charge in [-0.2, -0.15) is 0 Å². The van der Waals surface area contributed by atoms with Gasteiger partial charge in [0.15, 0.2) is 0 Å². The van der Waals surface area contributed by atoms with Crippen LogP contribution < -0.4 is 5.32 Å². The smallest absolute Gasteiger partial charge is 0.0638 e. The molecule has 0 atom stereocenters. The molecule has 0 saturated heterocycles. The molecule has 1 N–H and O–H groups in total. The second kappa shape index (κ2) is 5.77. The van der Waals surface area contributed by atoms with Crippen molar-refractivity contribution in [2.24, 2.45) is 0 Å². The summed E-state index contributed by atoms with van der Waals surface area (Å²) in [5, 5.41) is 4.12. The Morgan fingerprint density at radius 3 is 2.72 bits per heavy atom. The van der Waals surface area contributed by atoms with E-state index in [1.165, 1.54) is 16.7 Å². The standard InChI is InChI=1S/C15H15BrClN/c1-10-4-3-5-12(11(10)2)9-18-15-8-13(16)6-7-14(15)17/h3-8,18H,9H2,1-2H3. The van der Waals surface area contributed by atoms with Crippen LogP contribution in [0.25, 0.3) is 0 Å². The quantitative estimate of drug-likeness (QED) is 0.804. The van der Waals surface area contributed by atoms with Crippen molar-refractivity contribution in [2.45, 2.75) is 20.4 Å². The number of hydrogen-bond donors (Lipinski definition) is 1. The molecule has 0 aromatic heterocycles. The molecule has 0 bridgehead atoms. The second-order valence-corrected chi connectivity index (χ2v) is 5.66. The Balaban J connectivity index is 2.16. The summed E-state index contributed by atoms with van der Waals surface area (Å²) in [6, 6.07) is 12.2. The average Bonchev–Trinajstić information content (AvgIpc) is 2.35. The van der Waals surface area contributed by atoms with Crippen LogP contribution in [0.1, 0.15) is 16.7 Å². The van der Waals surface area contributed by atoms with E-state index in [1.54, 1.807) is 0 Å². The lowest BCUT2D eigenvalue weighted by Gasteiger charge is -2.12. The Hall–Kier alpha value is -0.990. The zero-order valence-electron chi connectivity index (χ0n) is 10.4. The summed E-state index contributed by atoms with van der Waals surface area (Å²) >= 11 is 9.60. The maximum atomic E-state index is 6.15. The third kappa shape index (κ3) is 3.06. The Morgan fingerprint density at radius 2 is 1.94 bits per heavy atom. The molecule has 0 amide bonds. The van der Waals surface area contributed by atoms with E-state index in [4.69, 9.17) is 11.6 Å². The van der Waals surface area contributed by atoms with Crippen LogP contribution in [0.15, 0.2) is 40.9 Å². The van der Waals surface area contributed by atoms with Crippen molar-refractivity contribution in [3.05, 3.63) is 62.6 Å². The van der Waals surface area contributed by atoms with Gasteiger partial charge in [0.05, 0.1) is 10.7 Å². The lowest BCUT2D eigenvalue weighted by atomic mass is 10.0. The maximum absolute atomic E-state index is 6.15. The van der Waals surface area contributed by atoms with Crippen molar-refractivity contribution >= 4 is 33.2 Å². The van der Waals surface area contributed by atoms with Gasteiger partial charge in [0.2, 0.25) is 0 Å². The van der Waals surface area contributed by atoms with Gasteiger partial charge in [0.25, 0.3) is 0 Å². The van der Waals surface area contributed by atoms with Gasteiger partial charge in [-0.25, -0.2) is 0 Å². The fourth-order valence-electron chi connectivity index (χ4n) is 1.83. The minimum absolute atomic E-state index is 0.739. The molecule has 2 rings (SSSR count). The number of benzene rings is 2. The Kier molecular flexibility index (Phi) is 4.31. The van der Waals surface area contributed by atoms with Gasteiger partial charge in [0, 0.05) is 11.0 Å². The predicted molar refractivity (Wildman–Crippen MR) is 82.4 cm³/mol. The first-order valence-corrected chi connectivity index (χ1v) is 6.99. The monoisotopic (exact) mass is 323 g/mol. The minimum Gasteiger partial charge on any atom is -0.380 e. The van der Waals surface area contributed by atoms with E-state index in [0.717, 1.165) is 21.7 Å². The number of anilines is 1.